The van der Waals surface area contributed by atoms with E-state index in [1.54, 1.807) is 37.8 Å². The molecule has 1 amide bonds. The molecule has 3 aromatic heterocycles. The summed E-state index contributed by atoms with van der Waals surface area (Å²) in [6.45, 7) is 3.32. The normalized spacial score (nSPS) is 12.2. The largest absolute Gasteiger partial charge is 0.433 e. The van der Waals surface area contributed by atoms with Crippen molar-refractivity contribution in [2.75, 3.05) is 12.4 Å². The van der Waals surface area contributed by atoms with Gasteiger partial charge in [-0.15, -0.1) is 0 Å². The summed E-state index contributed by atoms with van der Waals surface area (Å²) in [5.41, 5.74) is 0.987. The van der Waals surface area contributed by atoms with Crippen molar-refractivity contribution in [1.82, 2.24) is 19.5 Å². The highest BCUT2D eigenvalue weighted by atomic mass is 19.4. The third-order valence-electron chi connectivity index (χ3n) is 4.17. The number of anilines is 1. The van der Waals surface area contributed by atoms with Crippen molar-refractivity contribution in [3.63, 3.8) is 0 Å². The van der Waals surface area contributed by atoms with Crippen molar-refractivity contribution in [1.29, 1.82) is 0 Å². The number of nitrogens with one attached hydrogen (secondary N) is 1. The summed E-state index contributed by atoms with van der Waals surface area (Å²) in [6, 6.07) is 5.70. The predicted octanol–water partition coefficient (Wildman–Crippen LogP) is 3.74. The molecule has 164 valence electrons. The van der Waals surface area contributed by atoms with Crippen LogP contribution < -0.4 is 5.32 Å². The zero-order valence-corrected chi connectivity index (χ0v) is 16.9. The van der Waals surface area contributed by atoms with Crippen LogP contribution in [0.3, 0.4) is 0 Å². The Morgan fingerprint density at radius 2 is 2.06 bits per heavy atom. The molecular formula is C21H18F3N7O. The van der Waals surface area contributed by atoms with E-state index in [4.69, 9.17) is 0 Å². The maximum absolute atomic E-state index is 12.8. The molecule has 3 heterocycles. The average Bonchev–Trinajstić information content (AvgIpc) is 3.22. The number of aromatic nitrogens is 4. The molecule has 0 fully saturated rings. The van der Waals surface area contributed by atoms with Crippen molar-refractivity contribution in [3.8, 4) is 11.3 Å². The molecule has 11 heteroatoms. The Labute approximate surface area is 181 Å². The fourth-order valence-electron chi connectivity index (χ4n) is 2.75. The Morgan fingerprint density at radius 3 is 2.72 bits per heavy atom. The van der Waals surface area contributed by atoms with Crippen LogP contribution in [0.4, 0.5) is 19.0 Å². The molecule has 0 bridgehead atoms. The second-order valence-electron chi connectivity index (χ2n) is 6.49. The van der Waals surface area contributed by atoms with E-state index in [1.807, 2.05) is 0 Å². The second kappa shape index (κ2) is 9.77. The summed E-state index contributed by atoms with van der Waals surface area (Å²) in [6.07, 6.45) is 4.07. The van der Waals surface area contributed by atoms with Crippen LogP contribution in [0.5, 0.6) is 0 Å². The quantitative estimate of drug-likeness (QED) is 0.565. The first-order valence-corrected chi connectivity index (χ1v) is 9.20. The fourth-order valence-corrected chi connectivity index (χ4v) is 2.75. The number of imidazole rings is 1. The first-order chi connectivity index (χ1) is 15.3. The van der Waals surface area contributed by atoms with Gasteiger partial charge in [-0.1, -0.05) is 0 Å². The van der Waals surface area contributed by atoms with Crippen molar-refractivity contribution >= 4 is 30.2 Å². The van der Waals surface area contributed by atoms with Crippen molar-refractivity contribution in [2.24, 2.45) is 9.98 Å². The van der Waals surface area contributed by atoms with Gasteiger partial charge in [-0.3, -0.25) is 19.8 Å². The van der Waals surface area contributed by atoms with Gasteiger partial charge in [0.1, 0.15) is 18.1 Å². The number of hydrogen-bond donors (Lipinski definition) is 1. The monoisotopic (exact) mass is 441 g/mol. The van der Waals surface area contributed by atoms with Gasteiger partial charge in [-0.25, -0.2) is 9.97 Å². The van der Waals surface area contributed by atoms with E-state index in [1.165, 1.54) is 23.2 Å². The molecule has 32 heavy (non-hydrogen) atoms. The van der Waals surface area contributed by atoms with Gasteiger partial charge < -0.3 is 9.88 Å². The molecule has 0 unspecified atom stereocenters. The molecule has 1 N–H and O–H groups in total. The van der Waals surface area contributed by atoms with E-state index in [-0.39, 0.29) is 18.0 Å². The van der Waals surface area contributed by atoms with Crippen LogP contribution in [0.25, 0.3) is 16.8 Å². The number of amides is 1. The Hall–Kier alpha value is -4.15. The molecule has 8 nitrogen and oxygen atoms in total. The van der Waals surface area contributed by atoms with Crippen LogP contribution in [0.15, 0.2) is 65.4 Å². The van der Waals surface area contributed by atoms with E-state index >= 15 is 0 Å². The summed E-state index contributed by atoms with van der Waals surface area (Å²) in [5.74, 6) is -0.0408. The molecule has 0 aliphatic carbocycles. The molecule has 0 radical (unpaired) electrons. The second-order valence-corrected chi connectivity index (χ2v) is 6.49. The van der Waals surface area contributed by atoms with Gasteiger partial charge in [-0.2, -0.15) is 13.2 Å². The molecular weight excluding hydrogens is 423 g/mol. The van der Waals surface area contributed by atoms with Crippen molar-refractivity contribution < 1.29 is 18.0 Å². The number of nitrogens with zero attached hydrogens (tertiary/aromatic N) is 6. The molecule has 3 aromatic rings. The molecule has 0 saturated carbocycles. The van der Waals surface area contributed by atoms with E-state index in [0.29, 0.717) is 17.1 Å². The summed E-state index contributed by atoms with van der Waals surface area (Å²) in [7, 11) is 1.63. The molecule has 3 rings (SSSR count). The minimum atomic E-state index is -4.55. The van der Waals surface area contributed by atoms with Gasteiger partial charge in [0, 0.05) is 54.8 Å². The highest BCUT2D eigenvalue weighted by Crippen LogP contribution is 2.29. The fraction of sp³-hybridized carbons (Fsp3) is 0.143. The lowest BCUT2D eigenvalue weighted by molar-refractivity contribution is -0.141. The van der Waals surface area contributed by atoms with Gasteiger partial charge in [0.15, 0.2) is 0 Å². The Kier molecular flexibility index (Phi) is 6.88. The van der Waals surface area contributed by atoms with Gasteiger partial charge in [0.25, 0.3) is 0 Å². The third-order valence-corrected chi connectivity index (χ3v) is 4.17. The Morgan fingerprint density at radius 1 is 1.25 bits per heavy atom. The van der Waals surface area contributed by atoms with Crippen LogP contribution in [0, 0.1) is 0 Å². The number of pyridine rings is 2. The molecule has 0 aliphatic heterocycles. The summed E-state index contributed by atoms with van der Waals surface area (Å²) in [4.78, 5) is 31.6. The molecule has 0 atom stereocenters. The van der Waals surface area contributed by atoms with Gasteiger partial charge in [0.2, 0.25) is 5.91 Å². The summed E-state index contributed by atoms with van der Waals surface area (Å²) >= 11 is 0. The number of carbonyl (C=O) groups is 1. The van der Waals surface area contributed by atoms with Crippen LogP contribution in [-0.4, -0.2) is 45.4 Å². The standard InChI is InChI=1S/C21H18F3N7O/c1-25-8-16(9-26-2)15-3-4-19(28-10-15)30-20(32)12-31-11-17(29-13-31)14-5-6-27-18(7-14)21(22,23)24/h3-11,13H,1,12H2,2H3,(H,28,30,32)/b16-8+,26-9?. The average molecular weight is 441 g/mol. The van der Waals surface area contributed by atoms with Crippen molar-refractivity contribution in [2.45, 2.75) is 12.7 Å². The lowest BCUT2D eigenvalue weighted by atomic mass is 10.1. The topological polar surface area (TPSA) is 97.4 Å². The molecule has 0 spiro atoms. The zero-order valence-electron chi connectivity index (χ0n) is 16.9. The number of alkyl halides is 3. The maximum Gasteiger partial charge on any atom is 0.433 e. The Balaban J connectivity index is 1.66. The zero-order chi connectivity index (χ0) is 23.1. The molecule has 0 aliphatic rings. The van der Waals surface area contributed by atoms with Gasteiger partial charge in [-0.05, 0) is 31.0 Å². The number of rotatable bonds is 7. The predicted molar refractivity (Wildman–Crippen MR) is 115 cm³/mol. The van der Waals surface area contributed by atoms with E-state index in [2.05, 4.69) is 37.0 Å². The minimum Gasteiger partial charge on any atom is -0.327 e. The number of halogens is 3. The smallest absolute Gasteiger partial charge is 0.327 e. The maximum atomic E-state index is 12.8. The minimum absolute atomic E-state index is 0.0956. The van der Waals surface area contributed by atoms with Crippen LogP contribution in [0.1, 0.15) is 11.3 Å². The first-order valence-electron chi connectivity index (χ1n) is 9.20. The molecule has 0 aromatic carbocycles. The first kappa shape index (κ1) is 22.5. The van der Waals surface area contributed by atoms with E-state index in [0.717, 1.165) is 17.8 Å². The van der Waals surface area contributed by atoms with Gasteiger partial charge >= 0.3 is 6.18 Å². The van der Waals surface area contributed by atoms with Gasteiger partial charge in [0.05, 0.1) is 12.0 Å². The third kappa shape index (κ3) is 5.72. The number of hydrogen-bond acceptors (Lipinski definition) is 6. The molecule has 0 saturated heterocycles. The van der Waals surface area contributed by atoms with E-state index in [9.17, 15) is 18.0 Å². The summed E-state index contributed by atoms with van der Waals surface area (Å²) < 4.78 is 40.0. The lowest BCUT2D eigenvalue weighted by Gasteiger charge is -2.07. The van der Waals surface area contributed by atoms with Crippen molar-refractivity contribution in [3.05, 3.63) is 66.6 Å². The number of aliphatic imine (C=N–C) groups is 2. The number of allylic oxidation sites excluding steroid dienone is 1. The van der Waals surface area contributed by atoms with Crippen LogP contribution in [0.2, 0.25) is 0 Å². The SMILES string of the molecule is C=N/C=C(\C=NC)c1ccc(NC(=O)Cn2cnc(-c3ccnc(C(F)(F)F)c3)c2)nc1. The number of carbonyl (C=O) groups excluding carboxylic acids is 1. The Bertz CT molecular complexity index is 1160. The highest BCUT2D eigenvalue weighted by molar-refractivity contribution is 6.09. The van der Waals surface area contributed by atoms with Crippen LogP contribution in [-0.2, 0) is 17.5 Å². The van der Waals surface area contributed by atoms with Crippen LogP contribution >= 0.6 is 0 Å². The lowest BCUT2D eigenvalue weighted by Crippen LogP contribution is -2.18. The highest BCUT2D eigenvalue weighted by Gasteiger charge is 2.32. The van der Waals surface area contributed by atoms with E-state index < -0.39 is 11.9 Å². The summed E-state index contributed by atoms with van der Waals surface area (Å²) in [5, 5.41) is 2.65.